The lowest BCUT2D eigenvalue weighted by atomic mass is 10.2. The summed E-state index contributed by atoms with van der Waals surface area (Å²) < 4.78 is 0. The quantitative estimate of drug-likeness (QED) is 0.744. The normalized spacial score (nSPS) is 10.5. The zero-order valence-corrected chi connectivity index (χ0v) is 10.2. The molecule has 89 valence electrons. The summed E-state index contributed by atoms with van der Waals surface area (Å²) in [6.07, 6.45) is 3.30. The number of carbonyl (C=O) groups is 1. The van der Waals surface area contributed by atoms with E-state index in [4.69, 9.17) is 0 Å². The number of carbonyl (C=O) groups excluding carboxylic acids is 1. The lowest BCUT2D eigenvalue weighted by Gasteiger charge is -2.21. The molecule has 0 saturated carbocycles. The van der Waals surface area contributed by atoms with Gasteiger partial charge in [0, 0.05) is 11.4 Å². The molecule has 2 aromatic rings. The Morgan fingerprint density at radius 1 is 1.06 bits per heavy atom. The molecule has 0 aromatic heterocycles. The number of rotatable bonds is 3. The third kappa shape index (κ3) is 2.66. The van der Waals surface area contributed by atoms with Gasteiger partial charge in [-0.3, -0.25) is 9.69 Å². The summed E-state index contributed by atoms with van der Waals surface area (Å²) in [6, 6.07) is 19.9. The third-order valence-corrected chi connectivity index (χ3v) is 2.50. The number of para-hydroxylation sites is 1. The van der Waals surface area contributed by atoms with E-state index < -0.39 is 0 Å². The zero-order chi connectivity index (χ0) is 12.8. The molecule has 0 heterocycles. The smallest absolute Gasteiger partial charge is 0.255 e. The molecule has 2 nitrogen and oxygen atoms in total. The Morgan fingerprint density at radius 2 is 1.67 bits per heavy atom. The number of anilines is 2. The van der Waals surface area contributed by atoms with Crippen LogP contribution in [0.5, 0.6) is 0 Å². The molecule has 0 spiro atoms. The topological polar surface area (TPSA) is 20.3 Å². The van der Waals surface area contributed by atoms with Crippen LogP contribution >= 0.6 is 0 Å². The van der Waals surface area contributed by atoms with Gasteiger partial charge in [0.1, 0.15) is 0 Å². The van der Waals surface area contributed by atoms with E-state index in [0.717, 1.165) is 11.4 Å². The maximum atomic E-state index is 12.2. The maximum Gasteiger partial charge on any atom is 0.255 e. The fraction of sp³-hybridized carbons (Fsp3) is 0.0625. The van der Waals surface area contributed by atoms with E-state index in [1.54, 1.807) is 29.2 Å². The van der Waals surface area contributed by atoms with Gasteiger partial charge < -0.3 is 0 Å². The summed E-state index contributed by atoms with van der Waals surface area (Å²) in [5, 5.41) is 0. The SMILES string of the molecule is CC=CC(=O)N(c1cc[c]cc1)c1ccccc1. The van der Waals surface area contributed by atoms with Crippen LogP contribution in [0.2, 0.25) is 0 Å². The van der Waals surface area contributed by atoms with Crippen LogP contribution < -0.4 is 4.90 Å². The van der Waals surface area contributed by atoms with Gasteiger partial charge in [-0.1, -0.05) is 36.4 Å². The van der Waals surface area contributed by atoms with Gasteiger partial charge in [0.05, 0.1) is 0 Å². The van der Waals surface area contributed by atoms with Gasteiger partial charge in [0.25, 0.3) is 5.91 Å². The van der Waals surface area contributed by atoms with Crippen molar-refractivity contribution in [2.24, 2.45) is 0 Å². The molecule has 0 aliphatic heterocycles. The summed E-state index contributed by atoms with van der Waals surface area (Å²) in [5.74, 6) is -0.0603. The minimum Gasteiger partial charge on any atom is -0.278 e. The molecule has 1 amide bonds. The number of hydrogen-bond donors (Lipinski definition) is 0. The van der Waals surface area contributed by atoms with Gasteiger partial charge in [-0.05, 0) is 43.3 Å². The van der Waals surface area contributed by atoms with E-state index in [-0.39, 0.29) is 5.91 Å². The molecule has 2 aromatic carbocycles. The van der Waals surface area contributed by atoms with Crippen molar-refractivity contribution >= 4 is 17.3 Å². The van der Waals surface area contributed by atoms with Gasteiger partial charge in [0.2, 0.25) is 0 Å². The molecule has 0 bridgehead atoms. The molecule has 2 heteroatoms. The Labute approximate surface area is 107 Å². The third-order valence-electron chi connectivity index (χ3n) is 2.50. The van der Waals surface area contributed by atoms with Gasteiger partial charge >= 0.3 is 0 Å². The highest BCUT2D eigenvalue weighted by Crippen LogP contribution is 2.25. The van der Waals surface area contributed by atoms with E-state index in [0.29, 0.717) is 0 Å². The molecule has 0 aliphatic carbocycles. The molecule has 18 heavy (non-hydrogen) atoms. The van der Waals surface area contributed by atoms with Crippen molar-refractivity contribution in [2.45, 2.75) is 6.92 Å². The average molecular weight is 236 g/mol. The highest BCUT2D eigenvalue weighted by atomic mass is 16.2. The van der Waals surface area contributed by atoms with Crippen molar-refractivity contribution in [2.75, 3.05) is 4.90 Å². The van der Waals surface area contributed by atoms with Crippen LogP contribution in [-0.2, 0) is 4.79 Å². The molecule has 2 rings (SSSR count). The van der Waals surface area contributed by atoms with Crippen LogP contribution in [0.1, 0.15) is 6.92 Å². The van der Waals surface area contributed by atoms with Crippen molar-refractivity contribution < 1.29 is 4.79 Å². The number of nitrogens with zero attached hydrogens (tertiary/aromatic N) is 1. The van der Waals surface area contributed by atoms with Crippen LogP contribution in [0.4, 0.5) is 11.4 Å². The van der Waals surface area contributed by atoms with Crippen molar-refractivity contribution in [1.82, 2.24) is 0 Å². The van der Waals surface area contributed by atoms with Crippen LogP contribution in [0, 0.1) is 6.07 Å². The van der Waals surface area contributed by atoms with E-state index >= 15 is 0 Å². The summed E-state index contributed by atoms with van der Waals surface area (Å²) >= 11 is 0. The first-order chi connectivity index (χ1) is 8.83. The highest BCUT2D eigenvalue weighted by molar-refractivity contribution is 6.06. The Bertz CT molecular complexity index is 492. The standard InChI is InChI=1S/C16H14NO/c1-2-9-16(18)17(14-10-5-3-6-11-14)15-12-7-4-8-13-15/h2-3,5-13H,1H3. The van der Waals surface area contributed by atoms with Crippen LogP contribution in [0.15, 0.2) is 66.7 Å². The Morgan fingerprint density at radius 3 is 2.28 bits per heavy atom. The second-order valence-corrected chi connectivity index (χ2v) is 3.77. The number of amides is 1. The fourth-order valence-electron chi connectivity index (χ4n) is 1.72. The monoisotopic (exact) mass is 236 g/mol. The molecular formula is C16H14NO. The Balaban J connectivity index is 2.45. The molecule has 0 saturated heterocycles. The molecule has 0 unspecified atom stereocenters. The van der Waals surface area contributed by atoms with E-state index in [1.165, 1.54) is 0 Å². The summed E-state index contributed by atoms with van der Waals surface area (Å²) in [5.41, 5.74) is 1.69. The Kier molecular flexibility index (Phi) is 3.92. The minimum absolute atomic E-state index is 0.0603. The maximum absolute atomic E-state index is 12.2. The first-order valence-electron chi connectivity index (χ1n) is 5.81. The van der Waals surface area contributed by atoms with Gasteiger partial charge in [-0.15, -0.1) is 0 Å². The van der Waals surface area contributed by atoms with Crippen LogP contribution in [-0.4, -0.2) is 5.91 Å². The molecular weight excluding hydrogens is 222 g/mol. The average Bonchev–Trinajstić information content (AvgIpc) is 2.42. The second-order valence-electron chi connectivity index (χ2n) is 3.77. The number of benzene rings is 2. The minimum atomic E-state index is -0.0603. The van der Waals surface area contributed by atoms with Crippen molar-refractivity contribution in [3.8, 4) is 0 Å². The summed E-state index contributed by atoms with van der Waals surface area (Å²) in [7, 11) is 0. The van der Waals surface area contributed by atoms with E-state index in [2.05, 4.69) is 6.07 Å². The first kappa shape index (κ1) is 12.1. The van der Waals surface area contributed by atoms with E-state index in [1.807, 2.05) is 49.4 Å². The molecule has 0 aliphatic rings. The molecule has 0 N–H and O–H groups in total. The lowest BCUT2D eigenvalue weighted by molar-refractivity contribution is -0.113. The molecule has 0 atom stereocenters. The van der Waals surface area contributed by atoms with Gasteiger partial charge in [-0.25, -0.2) is 0 Å². The van der Waals surface area contributed by atoms with E-state index in [9.17, 15) is 4.79 Å². The second kappa shape index (κ2) is 5.82. The molecule has 0 fully saturated rings. The van der Waals surface area contributed by atoms with Crippen molar-refractivity contribution in [3.63, 3.8) is 0 Å². The van der Waals surface area contributed by atoms with Crippen LogP contribution in [0.25, 0.3) is 0 Å². The molecule has 1 radical (unpaired) electrons. The lowest BCUT2D eigenvalue weighted by Crippen LogP contribution is -2.23. The number of allylic oxidation sites excluding steroid dienone is 1. The highest BCUT2D eigenvalue weighted by Gasteiger charge is 2.14. The largest absolute Gasteiger partial charge is 0.278 e. The summed E-state index contributed by atoms with van der Waals surface area (Å²) in [6.45, 7) is 1.83. The van der Waals surface area contributed by atoms with Crippen molar-refractivity contribution in [1.29, 1.82) is 0 Å². The van der Waals surface area contributed by atoms with Gasteiger partial charge in [0.15, 0.2) is 0 Å². The van der Waals surface area contributed by atoms with Crippen LogP contribution in [0.3, 0.4) is 0 Å². The predicted octanol–water partition coefficient (Wildman–Crippen LogP) is 3.73. The van der Waals surface area contributed by atoms with Gasteiger partial charge in [-0.2, -0.15) is 0 Å². The zero-order valence-electron chi connectivity index (χ0n) is 10.2. The van der Waals surface area contributed by atoms with Crippen molar-refractivity contribution in [3.05, 3.63) is 72.8 Å². The first-order valence-corrected chi connectivity index (χ1v) is 5.81. The Hall–Kier alpha value is -2.35. The fourth-order valence-corrected chi connectivity index (χ4v) is 1.72. The number of hydrogen-bond acceptors (Lipinski definition) is 1. The predicted molar refractivity (Wildman–Crippen MR) is 73.7 cm³/mol. The summed E-state index contributed by atoms with van der Waals surface area (Å²) in [4.78, 5) is 13.8.